The lowest BCUT2D eigenvalue weighted by atomic mass is 10.0. The smallest absolute Gasteiger partial charge is 0.243 e. The monoisotopic (exact) mass is 441 g/mol. The Labute approximate surface area is 186 Å². The van der Waals surface area contributed by atoms with E-state index in [2.05, 4.69) is 15.3 Å². The lowest BCUT2D eigenvalue weighted by Crippen LogP contribution is -2.36. The summed E-state index contributed by atoms with van der Waals surface area (Å²) >= 11 is 0. The number of hydrogen-bond donors (Lipinski definition) is 1. The Morgan fingerprint density at radius 1 is 1.03 bits per heavy atom. The molecule has 158 valence electrons. The molecule has 0 unspecified atom stereocenters. The molecule has 32 heavy (non-hydrogen) atoms. The summed E-state index contributed by atoms with van der Waals surface area (Å²) in [5.74, 6) is 0.711. The summed E-state index contributed by atoms with van der Waals surface area (Å²) in [5.41, 5.74) is 3.97. The van der Waals surface area contributed by atoms with Gasteiger partial charge in [-0.3, -0.25) is 4.98 Å². The first-order valence-electron chi connectivity index (χ1n) is 10.1. The van der Waals surface area contributed by atoms with E-state index in [0.717, 1.165) is 27.7 Å². The van der Waals surface area contributed by atoms with Gasteiger partial charge in [-0.2, -0.15) is 9.57 Å². The van der Waals surface area contributed by atoms with Gasteiger partial charge < -0.3 is 5.32 Å². The maximum atomic E-state index is 13.1. The summed E-state index contributed by atoms with van der Waals surface area (Å²) in [5, 5.41) is 13.5. The van der Waals surface area contributed by atoms with E-state index >= 15 is 0 Å². The number of benzene rings is 2. The zero-order chi connectivity index (χ0) is 22.1. The molecule has 1 N–H and O–H groups in total. The topological polar surface area (TPSA) is 99.0 Å². The molecule has 0 radical (unpaired) electrons. The Kier molecular flexibility index (Phi) is 5.05. The van der Waals surface area contributed by atoms with Gasteiger partial charge in [-0.1, -0.05) is 24.3 Å². The molecule has 2 aromatic heterocycles. The predicted octanol–water partition coefficient (Wildman–Crippen LogP) is 3.99. The van der Waals surface area contributed by atoms with Gasteiger partial charge in [-0.15, -0.1) is 0 Å². The maximum absolute atomic E-state index is 13.1. The van der Waals surface area contributed by atoms with Gasteiger partial charge in [0.2, 0.25) is 10.0 Å². The van der Waals surface area contributed by atoms with Crippen LogP contribution in [0.5, 0.6) is 0 Å². The number of hydrogen-bond acceptors (Lipinski definition) is 6. The molecular weight excluding hydrogens is 422 g/mol. The van der Waals surface area contributed by atoms with Crippen molar-refractivity contribution in [3.8, 4) is 6.07 Å². The van der Waals surface area contributed by atoms with Crippen molar-refractivity contribution < 1.29 is 8.42 Å². The third-order valence-corrected chi connectivity index (χ3v) is 7.41. The van der Waals surface area contributed by atoms with Crippen LogP contribution in [0.1, 0.15) is 16.7 Å². The Balaban J connectivity index is 1.42. The van der Waals surface area contributed by atoms with E-state index in [-0.39, 0.29) is 11.4 Å². The highest BCUT2D eigenvalue weighted by atomic mass is 32.2. The van der Waals surface area contributed by atoms with Gasteiger partial charge in [0.05, 0.1) is 33.9 Å². The van der Waals surface area contributed by atoms with Crippen molar-refractivity contribution in [2.75, 3.05) is 11.9 Å². The van der Waals surface area contributed by atoms with E-state index in [4.69, 9.17) is 5.26 Å². The van der Waals surface area contributed by atoms with Crippen LogP contribution in [0.2, 0.25) is 0 Å². The van der Waals surface area contributed by atoms with Crippen molar-refractivity contribution in [1.82, 2.24) is 14.3 Å². The maximum Gasteiger partial charge on any atom is 0.243 e. The van der Waals surface area contributed by atoms with E-state index in [1.807, 2.05) is 42.5 Å². The molecule has 0 amide bonds. The zero-order valence-electron chi connectivity index (χ0n) is 17.1. The lowest BCUT2D eigenvalue weighted by molar-refractivity contribution is 0.391. The second kappa shape index (κ2) is 8.04. The highest BCUT2D eigenvalue weighted by Crippen LogP contribution is 2.30. The van der Waals surface area contributed by atoms with Gasteiger partial charge in [-0.05, 0) is 48.4 Å². The minimum Gasteiger partial charge on any atom is -0.339 e. The SMILES string of the molecule is N#Cc1cccc(S(=O)(=O)N2CCc3c(ccnc3Nc3cnc4ccccc4c3)C2)c1. The van der Waals surface area contributed by atoms with Gasteiger partial charge in [0.15, 0.2) is 0 Å². The summed E-state index contributed by atoms with van der Waals surface area (Å²) < 4.78 is 27.7. The molecular formula is C24H19N5O2S. The molecule has 7 nitrogen and oxygen atoms in total. The fourth-order valence-corrected chi connectivity index (χ4v) is 5.39. The zero-order valence-corrected chi connectivity index (χ0v) is 17.9. The molecule has 0 atom stereocenters. The number of anilines is 2. The quantitative estimate of drug-likeness (QED) is 0.514. The number of pyridine rings is 2. The molecule has 1 aliphatic heterocycles. The van der Waals surface area contributed by atoms with E-state index in [0.29, 0.717) is 24.3 Å². The number of sulfonamides is 1. The van der Waals surface area contributed by atoms with E-state index in [1.165, 1.54) is 16.4 Å². The fourth-order valence-electron chi connectivity index (χ4n) is 3.93. The summed E-state index contributed by atoms with van der Waals surface area (Å²) in [4.78, 5) is 9.11. The Morgan fingerprint density at radius 3 is 2.78 bits per heavy atom. The molecule has 0 saturated heterocycles. The summed E-state index contributed by atoms with van der Waals surface area (Å²) in [6.45, 7) is 0.587. The van der Waals surface area contributed by atoms with Crippen LogP contribution in [-0.2, 0) is 23.0 Å². The molecule has 2 aromatic carbocycles. The predicted molar refractivity (Wildman–Crippen MR) is 122 cm³/mol. The van der Waals surface area contributed by atoms with Crippen LogP contribution in [0.4, 0.5) is 11.5 Å². The molecule has 8 heteroatoms. The molecule has 0 saturated carbocycles. The number of nitriles is 1. The first-order chi connectivity index (χ1) is 15.5. The lowest BCUT2D eigenvalue weighted by Gasteiger charge is -2.29. The average molecular weight is 442 g/mol. The van der Waals surface area contributed by atoms with Crippen LogP contribution >= 0.6 is 0 Å². The van der Waals surface area contributed by atoms with E-state index < -0.39 is 10.0 Å². The summed E-state index contributed by atoms with van der Waals surface area (Å²) in [6.07, 6.45) is 3.98. The first kappa shape index (κ1) is 20.1. The van der Waals surface area contributed by atoms with Gasteiger partial charge >= 0.3 is 0 Å². The third kappa shape index (κ3) is 3.68. The standard InChI is InChI=1S/C24H19N5O2S/c25-14-17-4-3-6-21(12-17)32(30,31)29-11-9-22-19(16-29)8-10-26-24(22)28-20-13-18-5-1-2-7-23(18)27-15-20/h1-8,10,12-13,15H,9,11,16H2,(H,26,28). The minimum absolute atomic E-state index is 0.134. The van der Waals surface area contributed by atoms with Crippen LogP contribution in [0.15, 0.2) is 78.0 Å². The van der Waals surface area contributed by atoms with E-state index in [1.54, 1.807) is 24.5 Å². The number of nitrogens with zero attached hydrogens (tertiary/aromatic N) is 4. The molecule has 0 aliphatic carbocycles. The van der Waals surface area contributed by atoms with E-state index in [9.17, 15) is 8.42 Å². The van der Waals surface area contributed by atoms with Crippen molar-refractivity contribution in [2.24, 2.45) is 0 Å². The summed E-state index contributed by atoms with van der Waals surface area (Å²) in [7, 11) is -3.70. The van der Waals surface area contributed by atoms with Crippen molar-refractivity contribution in [3.05, 3.63) is 89.7 Å². The highest BCUT2D eigenvalue weighted by molar-refractivity contribution is 7.89. The molecule has 1 aliphatic rings. The normalized spacial score (nSPS) is 14.0. The molecule has 0 bridgehead atoms. The highest BCUT2D eigenvalue weighted by Gasteiger charge is 2.29. The second-order valence-corrected chi connectivity index (χ2v) is 9.51. The summed E-state index contributed by atoms with van der Waals surface area (Å²) in [6, 6.07) is 19.9. The number of aromatic nitrogens is 2. The van der Waals surface area contributed by atoms with Crippen LogP contribution in [0, 0.1) is 11.3 Å². The van der Waals surface area contributed by atoms with Crippen molar-refractivity contribution in [2.45, 2.75) is 17.9 Å². The fraction of sp³-hybridized carbons (Fsp3) is 0.125. The van der Waals surface area contributed by atoms with Crippen molar-refractivity contribution >= 4 is 32.4 Å². The van der Waals surface area contributed by atoms with Crippen molar-refractivity contribution in [1.29, 1.82) is 5.26 Å². The van der Waals surface area contributed by atoms with Crippen LogP contribution < -0.4 is 5.32 Å². The number of rotatable bonds is 4. The first-order valence-corrected chi connectivity index (χ1v) is 11.6. The minimum atomic E-state index is -3.70. The Morgan fingerprint density at radius 2 is 1.91 bits per heavy atom. The van der Waals surface area contributed by atoms with Gasteiger partial charge in [0.25, 0.3) is 0 Å². The van der Waals surface area contributed by atoms with Gasteiger partial charge in [-0.25, -0.2) is 13.4 Å². The van der Waals surface area contributed by atoms with Crippen LogP contribution in [0.25, 0.3) is 10.9 Å². The van der Waals surface area contributed by atoms with Gasteiger partial charge in [0.1, 0.15) is 5.82 Å². The van der Waals surface area contributed by atoms with Crippen LogP contribution in [-0.4, -0.2) is 29.2 Å². The van der Waals surface area contributed by atoms with Crippen LogP contribution in [0.3, 0.4) is 0 Å². The average Bonchev–Trinajstić information content (AvgIpc) is 2.84. The molecule has 5 rings (SSSR count). The second-order valence-electron chi connectivity index (χ2n) is 7.57. The largest absolute Gasteiger partial charge is 0.339 e. The van der Waals surface area contributed by atoms with Crippen molar-refractivity contribution in [3.63, 3.8) is 0 Å². The number of para-hydroxylation sites is 1. The Bertz CT molecular complexity index is 1480. The molecule has 0 fully saturated rings. The molecule has 4 aromatic rings. The third-order valence-electron chi connectivity index (χ3n) is 5.56. The molecule has 0 spiro atoms. The number of fused-ring (bicyclic) bond motifs is 2. The Hall–Kier alpha value is -3.80. The number of nitrogens with one attached hydrogen (secondary N) is 1. The molecule has 3 heterocycles. The van der Waals surface area contributed by atoms with Gasteiger partial charge in [0, 0.05) is 30.2 Å².